The van der Waals surface area contributed by atoms with Crippen molar-refractivity contribution in [2.45, 2.75) is 11.3 Å². The smallest absolute Gasteiger partial charge is 0.221 e. The maximum Gasteiger partial charge on any atom is 0.221 e. The lowest BCUT2D eigenvalue weighted by molar-refractivity contribution is -0.120. The van der Waals surface area contributed by atoms with Crippen LogP contribution < -0.4 is 5.32 Å². The first-order valence-electron chi connectivity index (χ1n) is 5.07. The molecule has 0 spiro atoms. The van der Waals surface area contributed by atoms with Crippen molar-refractivity contribution in [2.75, 3.05) is 12.3 Å². The quantitative estimate of drug-likeness (QED) is 0.801. The van der Waals surface area contributed by atoms with Crippen LogP contribution in [0.1, 0.15) is 6.42 Å². The van der Waals surface area contributed by atoms with Crippen molar-refractivity contribution < 1.29 is 4.79 Å². The fourth-order valence-electron chi connectivity index (χ4n) is 1.10. The van der Waals surface area contributed by atoms with Gasteiger partial charge in [0.1, 0.15) is 0 Å². The van der Waals surface area contributed by atoms with E-state index in [1.807, 2.05) is 24.3 Å². The number of hydrogen-bond donors (Lipinski definition) is 1. The summed E-state index contributed by atoms with van der Waals surface area (Å²) >= 11 is 10.8. The summed E-state index contributed by atoms with van der Waals surface area (Å²) < 4.78 is 0.768. The molecule has 1 N–H and O–H groups in total. The van der Waals surface area contributed by atoms with Gasteiger partial charge in [0.05, 0.1) is 5.02 Å². The van der Waals surface area contributed by atoms with E-state index in [1.54, 1.807) is 11.8 Å². The number of carbonyl (C=O) groups is 1. The fraction of sp³-hybridized carbons (Fsp3) is 0.250. The molecule has 1 rings (SSSR count). The zero-order valence-corrected chi connectivity index (χ0v) is 12.4. The van der Waals surface area contributed by atoms with Gasteiger partial charge in [0.15, 0.2) is 0 Å². The van der Waals surface area contributed by atoms with E-state index in [0.717, 1.165) is 14.4 Å². The minimum Gasteiger partial charge on any atom is -0.351 e. The van der Waals surface area contributed by atoms with Crippen LogP contribution in [0.4, 0.5) is 0 Å². The first kappa shape index (κ1) is 14.6. The Balaban J connectivity index is 2.26. The Morgan fingerprint density at radius 1 is 1.47 bits per heavy atom. The van der Waals surface area contributed by atoms with Crippen LogP contribution in [0.25, 0.3) is 0 Å². The summed E-state index contributed by atoms with van der Waals surface area (Å²) in [6.07, 6.45) is 0.468. The van der Waals surface area contributed by atoms with E-state index in [2.05, 4.69) is 27.8 Å². The minimum absolute atomic E-state index is 0.0187. The monoisotopic (exact) mass is 333 g/mol. The lowest BCUT2D eigenvalue weighted by Crippen LogP contribution is -2.24. The van der Waals surface area contributed by atoms with Gasteiger partial charge in [0, 0.05) is 28.1 Å². The third kappa shape index (κ3) is 6.15. The average Bonchev–Trinajstić information content (AvgIpc) is 2.29. The van der Waals surface area contributed by atoms with Gasteiger partial charge >= 0.3 is 0 Å². The summed E-state index contributed by atoms with van der Waals surface area (Å²) in [5, 5.41) is 3.48. The molecule has 17 heavy (non-hydrogen) atoms. The molecule has 0 aliphatic rings. The number of carbonyl (C=O) groups excluding carboxylic acids is 1. The lowest BCUT2D eigenvalue weighted by Gasteiger charge is -2.05. The van der Waals surface area contributed by atoms with Crippen LogP contribution in [-0.4, -0.2) is 18.2 Å². The van der Waals surface area contributed by atoms with Gasteiger partial charge in [-0.15, -0.1) is 11.8 Å². The van der Waals surface area contributed by atoms with E-state index in [-0.39, 0.29) is 5.91 Å². The van der Waals surface area contributed by atoms with E-state index in [9.17, 15) is 4.79 Å². The molecule has 0 heterocycles. The van der Waals surface area contributed by atoms with Crippen LogP contribution in [0.2, 0.25) is 5.02 Å². The summed E-state index contributed by atoms with van der Waals surface area (Å²) in [5.74, 6) is 0.731. The Bertz CT molecular complexity index is 411. The first-order chi connectivity index (χ1) is 8.09. The molecule has 1 amide bonds. The van der Waals surface area contributed by atoms with Gasteiger partial charge < -0.3 is 5.32 Å². The topological polar surface area (TPSA) is 29.1 Å². The highest BCUT2D eigenvalue weighted by Gasteiger charge is 2.03. The van der Waals surface area contributed by atoms with E-state index in [1.165, 1.54) is 0 Å². The number of halogens is 2. The largest absolute Gasteiger partial charge is 0.351 e. The van der Waals surface area contributed by atoms with E-state index < -0.39 is 0 Å². The Morgan fingerprint density at radius 3 is 2.82 bits per heavy atom. The average molecular weight is 335 g/mol. The van der Waals surface area contributed by atoms with Crippen LogP contribution in [0.5, 0.6) is 0 Å². The molecular weight excluding hydrogens is 322 g/mol. The molecule has 0 atom stereocenters. The zero-order chi connectivity index (χ0) is 12.7. The van der Waals surface area contributed by atoms with Crippen LogP contribution in [0.15, 0.2) is 40.2 Å². The fourth-order valence-corrected chi connectivity index (χ4v) is 2.43. The number of nitrogens with one attached hydrogen (secondary N) is 1. The molecule has 0 aliphatic heterocycles. The predicted octanol–water partition coefficient (Wildman–Crippen LogP) is 3.85. The van der Waals surface area contributed by atoms with Crippen LogP contribution in [0.3, 0.4) is 0 Å². The predicted molar refractivity (Wildman–Crippen MR) is 77.9 cm³/mol. The van der Waals surface area contributed by atoms with Crippen LogP contribution >= 0.6 is 39.3 Å². The third-order valence-corrected chi connectivity index (χ3v) is 3.70. The summed E-state index contributed by atoms with van der Waals surface area (Å²) in [7, 11) is 0. The molecular formula is C12H13BrClNOS. The van der Waals surface area contributed by atoms with Gasteiger partial charge in [-0.2, -0.15) is 0 Å². The van der Waals surface area contributed by atoms with Crippen molar-refractivity contribution >= 4 is 45.2 Å². The molecule has 1 aromatic rings. The molecule has 5 heteroatoms. The van der Waals surface area contributed by atoms with Crippen molar-refractivity contribution in [3.05, 3.63) is 40.3 Å². The molecule has 2 nitrogen and oxygen atoms in total. The van der Waals surface area contributed by atoms with Crippen LogP contribution in [0, 0.1) is 0 Å². The normalized spacial score (nSPS) is 10.0. The van der Waals surface area contributed by atoms with E-state index in [0.29, 0.717) is 18.7 Å². The Kier molecular flexibility index (Phi) is 6.70. The standard InChI is InChI=1S/C12H13BrClNOS/c1-9(13)8-15-12(16)6-7-17-11-5-3-2-4-10(11)14/h2-5H,1,6-8H2,(H,15,16). The molecule has 0 bridgehead atoms. The molecule has 0 unspecified atom stereocenters. The van der Waals surface area contributed by atoms with Gasteiger partial charge in [0.25, 0.3) is 0 Å². The molecule has 0 radical (unpaired) electrons. The van der Waals surface area contributed by atoms with Crippen molar-refractivity contribution in [1.82, 2.24) is 5.32 Å². The second kappa shape index (κ2) is 7.80. The Morgan fingerprint density at radius 2 is 2.18 bits per heavy atom. The van der Waals surface area contributed by atoms with E-state index >= 15 is 0 Å². The third-order valence-electron chi connectivity index (χ3n) is 1.90. The minimum atomic E-state index is 0.0187. The maximum absolute atomic E-state index is 11.4. The first-order valence-corrected chi connectivity index (χ1v) is 7.22. The second-order valence-electron chi connectivity index (χ2n) is 3.32. The van der Waals surface area contributed by atoms with Gasteiger partial charge in [0.2, 0.25) is 5.91 Å². The number of rotatable bonds is 6. The van der Waals surface area contributed by atoms with Gasteiger partial charge in [-0.25, -0.2) is 0 Å². The van der Waals surface area contributed by atoms with Crippen molar-refractivity contribution in [1.29, 1.82) is 0 Å². The van der Waals surface area contributed by atoms with Crippen molar-refractivity contribution in [3.8, 4) is 0 Å². The number of amides is 1. The van der Waals surface area contributed by atoms with Gasteiger partial charge in [-0.05, 0) is 12.1 Å². The lowest BCUT2D eigenvalue weighted by atomic mass is 10.4. The molecule has 0 fully saturated rings. The van der Waals surface area contributed by atoms with Crippen LogP contribution in [-0.2, 0) is 4.79 Å². The Hall–Kier alpha value is -0.450. The summed E-state index contributed by atoms with van der Waals surface area (Å²) in [5.41, 5.74) is 0. The molecule has 0 saturated carbocycles. The molecule has 92 valence electrons. The second-order valence-corrected chi connectivity index (χ2v) is 5.99. The maximum atomic E-state index is 11.4. The summed E-state index contributed by atoms with van der Waals surface area (Å²) in [6.45, 7) is 4.11. The highest BCUT2D eigenvalue weighted by Crippen LogP contribution is 2.26. The van der Waals surface area contributed by atoms with Crippen molar-refractivity contribution in [3.63, 3.8) is 0 Å². The molecule has 0 saturated heterocycles. The zero-order valence-electron chi connectivity index (χ0n) is 9.21. The molecule has 0 aromatic heterocycles. The Labute approximate surface area is 119 Å². The molecule has 0 aliphatic carbocycles. The number of thioether (sulfide) groups is 1. The molecule has 1 aromatic carbocycles. The van der Waals surface area contributed by atoms with Crippen molar-refractivity contribution in [2.24, 2.45) is 0 Å². The number of hydrogen-bond acceptors (Lipinski definition) is 2. The van der Waals surface area contributed by atoms with Gasteiger partial charge in [-0.3, -0.25) is 4.79 Å². The summed E-state index contributed by atoms with van der Waals surface area (Å²) in [4.78, 5) is 12.4. The summed E-state index contributed by atoms with van der Waals surface area (Å²) in [6, 6.07) is 7.62. The van der Waals surface area contributed by atoms with E-state index in [4.69, 9.17) is 11.6 Å². The highest BCUT2D eigenvalue weighted by atomic mass is 79.9. The van der Waals surface area contributed by atoms with Gasteiger partial charge in [-0.1, -0.05) is 46.2 Å². The highest BCUT2D eigenvalue weighted by molar-refractivity contribution is 9.11. The SMILES string of the molecule is C=C(Br)CNC(=O)CCSc1ccccc1Cl. The number of benzene rings is 1.